The lowest BCUT2D eigenvalue weighted by Crippen LogP contribution is -1.76. The first-order valence-corrected chi connectivity index (χ1v) is 4.70. The van der Waals surface area contributed by atoms with E-state index in [1.54, 1.807) is 0 Å². The lowest BCUT2D eigenvalue weighted by atomic mass is 10.2. The van der Waals surface area contributed by atoms with Gasteiger partial charge in [0.15, 0.2) is 5.58 Å². The summed E-state index contributed by atoms with van der Waals surface area (Å²) < 4.78 is 4.86. The van der Waals surface area contributed by atoms with Gasteiger partial charge in [-0.3, -0.25) is 0 Å². The minimum atomic E-state index is 0.178. The molecule has 1 aromatic heterocycles. The van der Waals surface area contributed by atoms with Crippen molar-refractivity contribution < 1.29 is 4.52 Å². The molecular formula is C7HCl4NO. The van der Waals surface area contributed by atoms with Gasteiger partial charge < -0.3 is 4.52 Å². The van der Waals surface area contributed by atoms with Gasteiger partial charge in [-0.05, 0) is 0 Å². The first-order valence-electron chi connectivity index (χ1n) is 3.19. The lowest BCUT2D eigenvalue weighted by molar-refractivity contribution is 0.456. The van der Waals surface area contributed by atoms with Crippen LogP contribution in [-0.4, -0.2) is 5.16 Å². The molecule has 0 unspecified atom stereocenters. The van der Waals surface area contributed by atoms with E-state index >= 15 is 0 Å². The van der Waals surface area contributed by atoms with Crippen molar-refractivity contribution in [3.63, 3.8) is 0 Å². The second kappa shape index (κ2) is 3.21. The Morgan fingerprint density at radius 3 is 2.23 bits per heavy atom. The number of benzene rings is 1. The molecule has 0 aliphatic carbocycles. The number of hydrogen-bond acceptors (Lipinski definition) is 2. The van der Waals surface area contributed by atoms with E-state index in [4.69, 9.17) is 50.9 Å². The third-order valence-corrected chi connectivity index (χ3v) is 3.38. The van der Waals surface area contributed by atoms with Gasteiger partial charge in [0.05, 0.1) is 26.7 Å². The standard InChI is InChI=1S/C7HCl4NO/c8-3-2-1-12-13-7(2)6(11)5(10)4(3)9/h1H. The van der Waals surface area contributed by atoms with Gasteiger partial charge in [0.25, 0.3) is 0 Å². The number of nitrogens with zero attached hydrogens (tertiary/aromatic N) is 1. The largest absolute Gasteiger partial charge is 0.355 e. The zero-order chi connectivity index (χ0) is 9.59. The van der Waals surface area contributed by atoms with Crippen LogP contribution in [0.25, 0.3) is 11.0 Å². The van der Waals surface area contributed by atoms with Gasteiger partial charge in [0, 0.05) is 0 Å². The normalized spacial score (nSPS) is 11.1. The van der Waals surface area contributed by atoms with Crippen LogP contribution in [0.1, 0.15) is 0 Å². The third kappa shape index (κ3) is 1.29. The summed E-state index contributed by atoms with van der Waals surface area (Å²) in [6, 6.07) is 0. The molecule has 0 amide bonds. The number of aromatic nitrogens is 1. The minimum absolute atomic E-state index is 0.178. The lowest BCUT2D eigenvalue weighted by Gasteiger charge is -2.01. The van der Waals surface area contributed by atoms with Crippen molar-refractivity contribution in [1.82, 2.24) is 5.16 Å². The van der Waals surface area contributed by atoms with Gasteiger partial charge in [-0.15, -0.1) is 0 Å². The van der Waals surface area contributed by atoms with E-state index in [1.165, 1.54) is 6.20 Å². The first-order chi connectivity index (χ1) is 6.13. The fourth-order valence-electron chi connectivity index (χ4n) is 0.965. The Hall–Kier alpha value is -0.150. The van der Waals surface area contributed by atoms with E-state index in [0.29, 0.717) is 16.0 Å². The van der Waals surface area contributed by atoms with Crippen molar-refractivity contribution in [2.24, 2.45) is 0 Å². The minimum Gasteiger partial charge on any atom is -0.355 e. The molecule has 0 fully saturated rings. The molecule has 1 heterocycles. The van der Waals surface area contributed by atoms with Gasteiger partial charge in [-0.25, -0.2) is 0 Å². The molecule has 2 rings (SSSR count). The van der Waals surface area contributed by atoms with Crippen LogP contribution in [0.3, 0.4) is 0 Å². The second-order valence-electron chi connectivity index (χ2n) is 2.32. The van der Waals surface area contributed by atoms with Crippen LogP contribution in [0.4, 0.5) is 0 Å². The summed E-state index contributed by atoms with van der Waals surface area (Å²) in [5.74, 6) is 0. The van der Waals surface area contributed by atoms with Crippen LogP contribution in [0, 0.1) is 0 Å². The number of fused-ring (bicyclic) bond motifs is 1. The van der Waals surface area contributed by atoms with Crippen molar-refractivity contribution in [2.45, 2.75) is 0 Å². The average molecular weight is 257 g/mol. The predicted molar refractivity (Wildman–Crippen MR) is 54.0 cm³/mol. The van der Waals surface area contributed by atoms with E-state index in [9.17, 15) is 0 Å². The maximum atomic E-state index is 5.87. The first kappa shape index (κ1) is 9.41. The van der Waals surface area contributed by atoms with Crippen LogP contribution in [0.5, 0.6) is 0 Å². The van der Waals surface area contributed by atoms with E-state index in [0.717, 1.165) is 0 Å². The van der Waals surface area contributed by atoms with E-state index < -0.39 is 0 Å². The molecule has 68 valence electrons. The van der Waals surface area contributed by atoms with Crippen molar-refractivity contribution in [1.29, 1.82) is 0 Å². The highest BCUT2D eigenvalue weighted by Crippen LogP contribution is 2.42. The summed E-state index contributed by atoms with van der Waals surface area (Å²) in [5.41, 5.74) is 0.348. The van der Waals surface area contributed by atoms with Gasteiger partial charge in [-0.1, -0.05) is 51.6 Å². The molecule has 0 saturated heterocycles. The van der Waals surface area contributed by atoms with Crippen molar-refractivity contribution in [3.8, 4) is 0 Å². The highest BCUT2D eigenvalue weighted by Gasteiger charge is 2.17. The monoisotopic (exact) mass is 255 g/mol. The smallest absolute Gasteiger partial charge is 0.188 e. The molecule has 0 saturated carbocycles. The highest BCUT2D eigenvalue weighted by atomic mass is 35.5. The summed E-state index contributed by atoms with van der Waals surface area (Å²) >= 11 is 23.3. The number of halogens is 4. The zero-order valence-electron chi connectivity index (χ0n) is 5.94. The summed E-state index contributed by atoms with van der Waals surface area (Å²) in [7, 11) is 0. The van der Waals surface area contributed by atoms with Crippen molar-refractivity contribution >= 4 is 57.4 Å². The van der Waals surface area contributed by atoms with E-state index in [2.05, 4.69) is 5.16 Å². The molecule has 1 aromatic carbocycles. The Balaban J connectivity index is 3.02. The zero-order valence-corrected chi connectivity index (χ0v) is 8.97. The Bertz CT molecular complexity index is 437. The molecule has 0 N–H and O–H groups in total. The SMILES string of the molecule is Clc1c(Cl)c(Cl)c2oncc2c1Cl. The molecule has 0 aliphatic heterocycles. The van der Waals surface area contributed by atoms with E-state index in [-0.39, 0.29) is 15.1 Å². The molecule has 0 spiro atoms. The topological polar surface area (TPSA) is 26.0 Å². The summed E-state index contributed by atoms with van der Waals surface area (Å²) in [4.78, 5) is 0. The maximum Gasteiger partial charge on any atom is 0.188 e. The van der Waals surface area contributed by atoms with Crippen molar-refractivity contribution in [3.05, 3.63) is 26.3 Å². The molecule has 0 bridgehead atoms. The fourth-order valence-corrected chi connectivity index (χ4v) is 1.90. The molecule has 6 heteroatoms. The highest BCUT2D eigenvalue weighted by molar-refractivity contribution is 6.55. The molecule has 13 heavy (non-hydrogen) atoms. The summed E-state index contributed by atoms with van der Waals surface area (Å²) in [6.45, 7) is 0. The average Bonchev–Trinajstić information content (AvgIpc) is 2.59. The predicted octanol–water partition coefficient (Wildman–Crippen LogP) is 4.44. The third-order valence-electron chi connectivity index (χ3n) is 1.58. The quantitative estimate of drug-likeness (QED) is 0.515. The van der Waals surface area contributed by atoms with Crippen LogP contribution in [-0.2, 0) is 0 Å². The Morgan fingerprint density at radius 1 is 0.923 bits per heavy atom. The molecule has 0 aliphatic rings. The van der Waals surface area contributed by atoms with Crippen LogP contribution < -0.4 is 0 Å². The molecule has 2 aromatic rings. The molecular weight excluding hydrogens is 256 g/mol. The maximum absolute atomic E-state index is 5.87. The number of rotatable bonds is 0. The van der Waals surface area contributed by atoms with E-state index in [1.807, 2.05) is 0 Å². The van der Waals surface area contributed by atoms with Crippen LogP contribution in [0.2, 0.25) is 20.1 Å². The Kier molecular flexibility index (Phi) is 2.32. The fraction of sp³-hybridized carbons (Fsp3) is 0. The Morgan fingerprint density at radius 2 is 1.54 bits per heavy atom. The summed E-state index contributed by atoms with van der Waals surface area (Å²) in [6.07, 6.45) is 1.44. The molecule has 2 nitrogen and oxygen atoms in total. The van der Waals surface area contributed by atoms with Crippen LogP contribution in [0.15, 0.2) is 10.7 Å². The molecule has 0 radical (unpaired) electrons. The summed E-state index contributed by atoms with van der Waals surface area (Å²) in [5, 5.41) is 5.01. The van der Waals surface area contributed by atoms with Gasteiger partial charge >= 0.3 is 0 Å². The van der Waals surface area contributed by atoms with Crippen LogP contribution >= 0.6 is 46.4 Å². The molecule has 0 atom stereocenters. The van der Waals surface area contributed by atoms with Gasteiger partial charge in [0.2, 0.25) is 0 Å². The Labute approximate surface area is 93.3 Å². The van der Waals surface area contributed by atoms with Gasteiger partial charge in [-0.2, -0.15) is 0 Å². The van der Waals surface area contributed by atoms with Crippen molar-refractivity contribution in [2.75, 3.05) is 0 Å². The number of hydrogen-bond donors (Lipinski definition) is 0. The second-order valence-corrected chi connectivity index (χ2v) is 3.84. The van der Waals surface area contributed by atoms with Gasteiger partial charge in [0.1, 0.15) is 5.02 Å².